The quantitative estimate of drug-likeness (QED) is 0.695. The second kappa shape index (κ2) is 2.55. The molecule has 0 aromatic carbocycles. The number of aryl methyl sites for hydroxylation is 1. The van der Waals surface area contributed by atoms with Gasteiger partial charge in [0.15, 0.2) is 5.65 Å². The van der Waals surface area contributed by atoms with Crippen molar-refractivity contribution in [3.63, 3.8) is 0 Å². The van der Waals surface area contributed by atoms with Gasteiger partial charge in [0.1, 0.15) is 0 Å². The lowest BCUT2D eigenvalue weighted by Crippen LogP contribution is -2.05. The number of hydrogen-bond acceptors (Lipinski definition) is 3. The second-order valence-electron chi connectivity index (χ2n) is 2.65. The van der Waals surface area contributed by atoms with Crippen LogP contribution in [0.2, 0.25) is 0 Å². The van der Waals surface area contributed by atoms with Gasteiger partial charge in [0.25, 0.3) is 0 Å². The van der Waals surface area contributed by atoms with Crippen LogP contribution in [0, 0.1) is 0 Å². The molecule has 0 saturated heterocycles. The number of rotatable bonds is 1. The predicted molar refractivity (Wildman–Crippen MR) is 45.5 cm³/mol. The Labute approximate surface area is 73.7 Å². The zero-order chi connectivity index (χ0) is 9.42. The molecule has 0 aliphatic carbocycles. The number of carboxylic acid groups (broad SMARTS) is 1. The van der Waals surface area contributed by atoms with Gasteiger partial charge in [-0.25, -0.2) is 14.8 Å². The Morgan fingerprint density at radius 1 is 1.62 bits per heavy atom. The van der Waals surface area contributed by atoms with Crippen LogP contribution in [0.5, 0.6) is 0 Å². The van der Waals surface area contributed by atoms with Crippen molar-refractivity contribution in [2.24, 2.45) is 7.05 Å². The lowest BCUT2D eigenvalue weighted by Gasteiger charge is -1.94. The Balaban J connectivity index is 2.81. The van der Waals surface area contributed by atoms with E-state index in [9.17, 15) is 4.79 Å². The molecule has 2 rings (SSSR count). The van der Waals surface area contributed by atoms with Gasteiger partial charge in [0.05, 0.1) is 5.52 Å². The van der Waals surface area contributed by atoms with Gasteiger partial charge < -0.3 is 9.67 Å². The molecule has 2 aromatic heterocycles. The van der Waals surface area contributed by atoms with Crippen molar-refractivity contribution in [2.45, 2.75) is 0 Å². The number of nitrogens with zero attached hydrogens (tertiary/aromatic N) is 3. The molecule has 0 fully saturated rings. The second-order valence-corrected chi connectivity index (χ2v) is 2.65. The molecule has 0 amide bonds. The predicted octanol–water partition coefficient (Wildman–Crippen LogP) is 0.667. The van der Waals surface area contributed by atoms with Crippen LogP contribution in [0.4, 0.5) is 0 Å². The van der Waals surface area contributed by atoms with Gasteiger partial charge in [0, 0.05) is 13.2 Å². The SMILES string of the molecule is Cn1c(C(=O)O)nc2ncccc21. The summed E-state index contributed by atoms with van der Waals surface area (Å²) < 4.78 is 1.50. The summed E-state index contributed by atoms with van der Waals surface area (Å²) in [5, 5.41) is 8.76. The number of aromatic carboxylic acids is 1. The van der Waals surface area contributed by atoms with E-state index in [0.29, 0.717) is 5.65 Å². The number of carbonyl (C=O) groups is 1. The Hall–Kier alpha value is -1.91. The van der Waals surface area contributed by atoms with Gasteiger partial charge in [-0.3, -0.25) is 0 Å². The van der Waals surface area contributed by atoms with Gasteiger partial charge in [-0.2, -0.15) is 0 Å². The average Bonchev–Trinajstić information content (AvgIpc) is 2.45. The van der Waals surface area contributed by atoms with Gasteiger partial charge in [-0.1, -0.05) is 0 Å². The summed E-state index contributed by atoms with van der Waals surface area (Å²) in [6.45, 7) is 0. The van der Waals surface area contributed by atoms with Crippen LogP contribution in [-0.2, 0) is 7.05 Å². The summed E-state index contributed by atoms with van der Waals surface area (Å²) in [7, 11) is 1.65. The molecule has 0 unspecified atom stereocenters. The van der Waals surface area contributed by atoms with Crippen molar-refractivity contribution in [3.8, 4) is 0 Å². The molecule has 13 heavy (non-hydrogen) atoms. The standard InChI is InChI=1S/C8H7N3O2/c1-11-5-3-2-4-9-6(5)10-7(11)8(12)13/h2-4H,1H3,(H,12,13). The van der Waals surface area contributed by atoms with Crippen molar-refractivity contribution in [3.05, 3.63) is 24.2 Å². The monoisotopic (exact) mass is 177 g/mol. The summed E-state index contributed by atoms with van der Waals surface area (Å²) in [5.41, 5.74) is 1.18. The van der Waals surface area contributed by atoms with E-state index < -0.39 is 5.97 Å². The molecule has 1 N–H and O–H groups in total. The number of carboxylic acids is 1. The fraction of sp³-hybridized carbons (Fsp3) is 0.125. The summed E-state index contributed by atoms with van der Waals surface area (Å²) >= 11 is 0. The van der Waals surface area contributed by atoms with E-state index in [1.165, 1.54) is 4.57 Å². The third kappa shape index (κ3) is 1.05. The van der Waals surface area contributed by atoms with Crippen molar-refractivity contribution < 1.29 is 9.90 Å². The van der Waals surface area contributed by atoms with E-state index in [-0.39, 0.29) is 5.82 Å². The summed E-state index contributed by atoms with van der Waals surface area (Å²) in [5.74, 6) is -1.03. The van der Waals surface area contributed by atoms with Crippen molar-refractivity contribution in [2.75, 3.05) is 0 Å². The minimum absolute atomic E-state index is 0.00806. The topological polar surface area (TPSA) is 68.0 Å². The fourth-order valence-electron chi connectivity index (χ4n) is 1.22. The van der Waals surface area contributed by atoms with Crippen molar-refractivity contribution in [1.82, 2.24) is 14.5 Å². The Morgan fingerprint density at radius 2 is 2.38 bits per heavy atom. The molecule has 66 valence electrons. The molecule has 0 bridgehead atoms. The van der Waals surface area contributed by atoms with E-state index in [2.05, 4.69) is 9.97 Å². The highest BCUT2D eigenvalue weighted by molar-refractivity contribution is 5.88. The van der Waals surface area contributed by atoms with Crippen LogP contribution in [0.3, 0.4) is 0 Å². The number of aromatic nitrogens is 3. The van der Waals surface area contributed by atoms with Crippen LogP contribution in [-0.4, -0.2) is 25.6 Å². The van der Waals surface area contributed by atoms with Crippen LogP contribution in [0.1, 0.15) is 10.6 Å². The van der Waals surface area contributed by atoms with E-state index in [0.717, 1.165) is 5.52 Å². The molecule has 0 atom stereocenters. The van der Waals surface area contributed by atoms with Crippen molar-refractivity contribution in [1.29, 1.82) is 0 Å². The third-order valence-electron chi connectivity index (χ3n) is 1.85. The molecule has 0 spiro atoms. The molecule has 2 heterocycles. The van der Waals surface area contributed by atoms with Crippen LogP contribution in [0.25, 0.3) is 11.2 Å². The number of hydrogen-bond donors (Lipinski definition) is 1. The van der Waals surface area contributed by atoms with E-state index in [1.807, 2.05) is 0 Å². The maximum absolute atomic E-state index is 10.7. The Morgan fingerprint density at radius 3 is 3.00 bits per heavy atom. The zero-order valence-corrected chi connectivity index (χ0v) is 6.93. The first-order valence-corrected chi connectivity index (χ1v) is 3.71. The van der Waals surface area contributed by atoms with E-state index >= 15 is 0 Å². The van der Waals surface area contributed by atoms with Crippen LogP contribution >= 0.6 is 0 Å². The highest BCUT2D eigenvalue weighted by Crippen LogP contribution is 2.11. The van der Waals surface area contributed by atoms with Gasteiger partial charge in [-0.05, 0) is 12.1 Å². The maximum Gasteiger partial charge on any atom is 0.372 e. The molecular weight excluding hydrogens is 170 g/mol. The summed E-state index contributed by atoms with van der Waals surface area (Å²) in [6, 6.07) is 3.53. The van der Waals surface area contributed by atoms with Gasteiger partial charge in [0.2, 0.25) is 5.82 Å². The number of pyridine rings is 1. The Bertz CT molecular complexity index is 475. The molecule has 5 heteroatoms. The van der Waals surface area contributed by atoms with Crippen LogP contribution in [0.15, 0.2) is 18.3 Å². The van der Waals surface area contributed by atoms with E-state index in [1.54, 1.807) is 25.4 Å². The molecule has 0 saturated carbocycles. The van der Waals surface area contributed by atoms with Crippen LogP contribution < -0.4 is 0 Å². The Kier molecular flexibility index (Phi) is 1.51. The molecule has 2 aromatic rings. The first-order valence-electron chi connectivity index (χ1n) is 3.71. The maximum atomic E-state index is 10.7. The first-order chi connectivity index (χ1) is 6.20. The first kappa shape index (κ1) is 7.72. The summed E-state index contributed by atoms with van der Waals surface area (Å²) in [4.78, 5) is 18.5. The minimum atomic E-state index is -1.04. The molecule has 0 radical (unpaired) electrons. The minimum Gasteiger partial charge on any atom is -0.475 e. The normalized spacial score (nSPS) is 10.5. The van der Waals surface area contributed by atoms with Gasteiger partial charge >= 0.3 is 5.97 Å². The molecular formula is C8H7N3O2. The highest BCUT2D eigenvalue weighted by atomic mass is 16.4. The highest BCUT2D eigenvalue weighted by Gasteiger charge is 2.13. The average molecular weight is 177 g/mol. The largest absolute Gasteiger partial charge is 0.475 e. The number of imidazole rings is 1. The zero-order valence-electron chi connectivity index (χ0n) is 6.93. The smallest absolute Gasteiger partial charge is 0.372 e. The fourth-order valence-corrected chi connectivity index (χ4v) is 1.22. The molecule has 0 aliphatic rings. The van der Waals surface area contributed by atoms with Crippen molar-refractivity contribution >= 4 is 17.1 Å². The van der Waals surface area contributed by atoms with Gasteiger partial charge in [-0.15, -0.1) is 0 Å². The summed E-state index contributed by atoms with van der Waals surface area (Å²) in [6.07, 6.45) is 1.58. The molecule has 0 aliphatic heterocycles. The molecule has 5 nitrogen and oxygen atoms in total. The lowest BCUT2D eigenvalue weighted by molar-refractivity contribution is 0.0680. The van der Waals surface area contributed by atoms with E-state index in [4.69, 9.17) is 5.11 Å². The number of fused-ring (bicyclic) bond motifs is 1. The third-order valence-corrected chi connectivity index (χ3v) is 1.85. The lowest BCUT2D eigenvalue weighted by atomic mass is 10.4.